The molecule has 0 saturated heterocycles. The van der Waals surface area contributed by atoms with Crippen molar-refractivity contribution in [3.8, 4) is 0 Å². The molecule has 0 fully saturated rings. The molecule has 4 N–H and O–H groups in total. The maximum atomic E-state index is 11.8. The monoisotopic (exact) mass is 249 g/mol. The molecule has 0 radical (unpaired) electrons. The topological polar surface area (TPSA) is 67.2 Å². The maximum absolute atomic E-state index is 11.8. The first kappa shape index (κ1) is 14.5. The zero-order chi connectivity index (χ0) is 13.5. The van der Waals surface area contributed by atoms with Crippen LogP contribution in [0.1, 0.15) is 25.8 Å². The minimum Gasteiger partial charge on any atom is -0.334 e. The molecule has 4 heteroatoms. The summed E-state index contributed by atoms with van der Waals surface area (Å²) in [5, 5.41) is 5.71. The molecule has 0 saturated carbocycles. The molecule has 0 aromatic heterocycles. The van der Waals surface area contributed by atoms with E-state index >= 15 is 0 Å². The first-order chi connectivity index (χ1) is 8.51. The summed E-state index contributed by atoms with van der Waals surface area (Å²) in [7, 11) is 0. The number of urea groups is 1. The van der Waals surface area contributed by atoms with Crippen LogP contribution in [0.15, 0.2) is 24.3 Å². The number of nitrogens with two attached hydrogens (primary N) is 1. The highest BCUT2D eigenvalue weighted by Crippen LogP contribution is 2.09. The first-order valence-corrected chi connectivity index (χ1v) is 6.35. The highest BCUT2D eigenvalue weighted by atomic mass is 16.2. The van der Waals surface area contributed by atoms with Crippen molar-refractivity contribution >= 4 is 11.7 Å². The molecule has 18 heavy (non-hydrogen) atoms. The van der Waals surface area contributed by atoms with Crippen molar-refractivity contribution in [3.05, 3.63) is 29.8 Å². The third kappa shape index (κ3) is 5.19. The summed E-state index contributed by atoms with van der Waals surface area (Å²) in [5.41, 5.74) is 7.56. The number of nitrogens with one attached hydrogen (secondary N) is 2. The predicted octanol–water partition coefficient (Wildman–Crippen LogP) is 2.49. The van der Waals surface area contributed by atoms with E-state index in [9.17, 15) is 4.79 Å². The van der Waals surface area contributed by atoms with Crippen LogP contribution in [-0.4, -0.2) is 18.6 Å². The van der Waals surface area contributed by atoms with Gasteiger partial charge in [-0.25, -0.2) is 4.79 Å². The third-order valence-electron chi connectivity index (χ3n) is 2.65. The van der Waals surface area contributed by atoms with E-state index in [0.29, 0.717) is 12.5 Å². The molecular formula is C14H23N3O. The average Bonchev–Trinajstić information content (AvgIpc) is 2.27. The Hall–Kier alpha value is -1.55. The number of hydrogen-bond donors (Lipinski definition) is 3. The number of hydrogen-bond acceptors (Lipinski definition) is 2. The number of aryl methyl sites for hydroxylation is 1. The third-order valence-corrected chi connectivity index (χ3v) is 2.65. The lowest BCUT2D eigenvalue weighted by atomic mass is 10.0. The second-order valence-corrected chi connectivity index (χ2v) is 5.03. The Balaban J connectivity index is 2.50. The lowest BCUT2D eigenvalue weighted by Crippen LogP contribution is -2.43. The summed E-state index contributed by atoms with van der Waals surface area (Å²) in [6.45, 7) is 6.68. The molecule has 0 aliphatic rings. The number of rotatable bonds is 5. The van der Waals surface area contributed by atoms with Crippen LogP contribution >= 0.6 is 0 Å². The largest absolute Gasteiger partial charge is 0.334 e. The molecule has 1 aromatic carbocycles. The Morgan fingerprint density at radius 3 is 2.67 bits per heavy atom. The second kappa shape index (κ2) is 7.01. The maximum Gasteiger partial charge on any atom is 0.319 e. The van der Waals surface area contributed by atoms with Crippen LogP contribution in [0.3, 0.4) is 0 Å². The SMILES string of the molecule is Cc1cccc(NC(=O)NC(CN)CC(C)C)c1. The van der Waals surface area contributed by atoms with E-state index in [1.54, 1.807) is 0 Å². The lowest BCUT2D eigenvalue weighted by molar-refractivity contribution is 0.247. The number of anilines is 1. The molecule has 1 aromatic rings. The van der Waals surface area contributed by atoms with Gasteiger partial charge in [0, 0.05) is 18.3 Å². The van der Waals surface area contributed by atoms with Crippen molar-refractivity contribution in [3.63, 3.8) is 0 Å². The number of amides is 2. The van der Waals surface area contributed by atoms with Gasteiger partial charge in [0.2, 0.25) is 0 Å². The van der Waals surface area contributed by atoms with Gasteiger partial charge < -0.3 is 16.4 Å². The van der Waals surface area contributed by atoms with E-state index in [2.05, 4.69) is 24.5 Å². The minimum absolute atomic E-state index is 0.0230. The number of carbonyl (C=O) groups excluding carboxylic acids is 1. The Kier molecular flexibility index (Phi) is 5.65. The van der Waals surface area contributed by atoms with Crippen molar-refractivity contribution in [2.24, 2.45) is 11.7 Å². The lowest BCUT2D eigenvalue weighted by Gasteiger charge is -2.19. The molecule has 100 valence electrons. The predicted molar refractivity (Wildman–Crippen MR) is 75.6 cm³/mol. The van der Waals surface area contributed by atoms with Gasteiger partial charge in [-0.1, -0.05) is 26.0 Å². The Morgan fingerprint density at radius 1 is 1.39 bits per heavy atom. The molecule has 0 aliphatic heterocycles. The average molecular weight is 249 g/mol. The van der Waals surface area contributed by atoms with Crippen LogP contribution in [-0.2, 0) is 0 Å². The van der Waals surface area contributed by atoms with E-state index in [1.807, 2.05) is 31.2 Å². The molecular weight excluding hydrogens is 226 g/mol. The van der Waals surface area contributed by atoms with Crippen LogP contribution in [0.4, 0.5) is 10.5 Å². The summed E-state index contributed by atoms with van der Waals surface area (Å²) >= 11 is 0. The highest BCUT2D eigenvalue weighted by Gasteiger charge is 2.12. The van der Waals surface area contributed by atoms with E-state index in [0.717, 1.165) is 17.7 Å². The van der Waals surface area contributed by atoms with Crippen LogP contribution in [0.5, 0.6) is 0 Å². The molecule has 0 aliphatic carbocycles. The zero-order valence-corrected chi connectivity index (χ0v) is 11.4. The molecule has 0 spiro atoms. The van der Waals surface area contributed by atoms with Crippen LogP contribution in [0, 0.1) is 12.8 Å². The fourth-order valence-corrected chi connectivity index (χ4v) is 1.86. The van der Waals surface area contributed by atoms with Gasteiger partial charge >= 0.3 is 6.03 Å². The van der Waals surface area contributed by atoms with E-state index in [-0.39, 0.29) is 12.1 Å². The molecule has 0 heterocycles. The summed E-state index contributed by atoms with van der Waals surface area (Å²) in [5.74, 6) is 0.512. The van der Waals surface area contributed by atoms with Crippen molar-refractivity contribution in [1.82, 2.24) is 5.32 Å². The molecule has 2 amide bonds. The van der Waals surface area contributed by atoms with Crippen molar-refractivity contribution in [2.75, 3.05) is 11.9 Å². The van der Waals surface area contributed by atoms with Crippen LogP contribution in [0.25, 0.3) is 0 Å². The number of benzene rings is 1. The van der Waals surface area contributed by atoms with Gasteiger partial charge in [-0.3, -0.25) is 0 Å². The minimum atomic E-state index is -0.197. The molecule has 1 unspecified atom stereocenters. The van der Waals surface area contributed by atoms with Gasteiger partial charge in [0.05, 0.1) is 0 Å². The summed E-state index contributed by atoms with van der Waals surface area (Å²) < 4.78 is 0. The van der Waals surface area contributed by atoms with Gasteiger partial charge in [0.25, 0.3) is 0 Å². The van der Waals surface area contributed by atoms with Crippen LogP contribution in [0.2, 0.25) is 0 Å². The molecule has 0 bridgehead atoms. The van der Waals surface area contributed by atoms with Crippen molar-refractivity contribution < 1.29 is 4.79 Å². The molecule has 1 rings (SSSR count). The summed E-state index contributed by atoms with van der Waals surface area (Å²) in [4.78, 5) is 11.8. The summed E-state index contributed by atoms with van der Waals surface area (Å²) in [6.07, 6.45) is 0.887. The Morgan fingerprint density at radius 2 is 2.11 bits per heavy atom. The Bertz CT molecular complexity index is 390. The standard InChI is InChI=1S/C14H23N3O/c1-10(2)7-13(9-15)17-14(18)16-12-6-4-5-11(3)8-12/h4-6,8,10,13H,7,9,15H2,1-3H3,(H2,16,17,18). The molecule has 4 nitrogen and oxygen atoms in total. The van der Waals surface area contributed by atoms with Crippen molar-refractivity contribution in [1.29, 1.82) is 0 Å². The van der Waals surface area contributed by atoms with Crippen LogP contribution < -0.4 is 16.4 Å². The summed E-state index contributed by atoms with van der Waals surface area (Å²) in [6, 6.07) is 7.53. The van der Waals surface area contributed by atoms with Gasteiger partial charge in [0.15, 0.2) is 0 Å². The fraction of sp³-hybridized carbons (Fsp3) is 0.500. The second-order valence-electron chi connectivity index (χ2n) is 5.03. The van der Waals surface area contributed by atoms with E-state index in [4.69, 9.17) is 5.73 Å². The fourth-order valence-electron chi connectivity index (χ4n) is 1.86. The Labute approximate surface area is 109 Å². The zero-order valence-electron chi connectivity index (χ0n) is 11.4. The quantitative estimate of drug-likeness (QED) is 0.750. The van der Waals surface area contributed by atoms with Gasteiger partial charge in [0.1, 0.15) is 0 Å². The van der Waals surface area contributed by atoms with E-state index < -0.39 is 0 Å². The van der Waals surface area contributed by atoms with Gasteiger partial charge in [-0.15, -0.1) is 0 Å². The normalized spacial score (nSPS) is 12.3. The first-order valence-electron chi connectivity index (χ1n) is 6.35. The van der Waals surface area contributed by atoms with E-state index in [1.165, 1.54) is 0 Å². The van der Waals surface area contributed by atoms with Crippen molar-refractivity contribution in [2.45, 2.75) is 33.2 Å². The number of carbonyl (C=O) groups is 1. The molecule has 1 atom stereocenters. The highest BCUT2D eigenvalue weighted by molar-refractivity contribution is 5.89. The van der Waals surface area contributed by atoms with Gasteiger partial charge in [-0.2, -0.15) is 0 Å². The smallest absolute Gasteiger partial charge is 0.319 e. The van der Waals surface area contributed by atoms with Gasteiger partial charge in [-0.05, 0) is 37.0 Å².